The molecule has 13 heteroatoms. The van der Waals surface area contributed by atoms with E-state index in [1.807, 2.05) is 0 Å². The van der Waals surface area contributed by atoms with Gasteiger partial charge in [-0.3, -0.25) is 28.8 Å². The molecule has 8 N–H and O–H groups in total. The van der Waals surface area contributed by atoms with Crippen LogP contribution in [0.5, 0.6) is 0 Å². The van der Waals surface area contributed by atoms with Crippen LogP contribution in [-0.2, 0) is 28.8 Å². The highest BCUT2D eigenvalue weighted by molar-refractivity contribution is 5.94. The van der Waals surface area contributed by atoms with E-state index in [0.29, 0.717) is 12.8 Å². The Morgan fingerprint density at radius 1 is 1.06 bits per heavy atom. The largest absolute Gasteiger partial charge is 0.481 e. The van der Waals surface area contributed by atoms with Gasteiger partial charge in [0.15, 0.2) is 0 Å². The number of carboxylic acids is 2. The van der Waals surface area contributed by atoms with Crippen LogP contribution in [0.25, 0.3) is 0 Å². The molecule has 4 atom stereocenters. The van der Waals surface area contributed by atoms with E-state index in [4.69, 9.17) is 21.7 Å². The SMILES string of the molecule is CC(NC(=O)C(CCC(N)=O)NC(=O)C1CCCN1C(=O)C(N)CCC(=O)O)C(=O)O. The lowest BCUT2D eigenvalue weighted by Gasteiger charge is -2.28. The highest BCUT2D eigenvalue weighted by Gasteiger charge is 2.37. The van der Waals surface area contributed by atoms with Gasteiger partial charge in [-0.2, -0.15) is 0 Å². The topological polar surface area (TPSA) is 222 Å². The lowest BCUT2D eigenvalue weighted by atomic mass is 10.1. The summed E-state index contributed by atoms with van der Waals surface area (Å²) in [5.74, 6) is -5.13. The molecule has 4 amide bonds. The number of carboxylic acid groups (broad SMARTS) is 2. The van der Waals surface area contributed by atoms with Crippen molar-refractivity contribution >= 4 is 35.6 Å². The van der Waals surface area contributed by atoms with E-state index in [1.54, 1.807) is 0 Å². The first-order chi connectivity index (χ1) is 14.4. The van der Waals surface area contributed by atoms with Gasteiger partial charge in [-0.1, -0.05) is 0 Å². The summed E-state index contributed by atoms with van der Waals surface area (Å²) in [6.07, 6.45) is 0.0400. The summed E-state index contributed by atoms with van der Waals surface area (Å²) in [5, 5.41) is 22.3. The Balaban J connectivity index is 2.85. The number of rotatable bonds is 12. The van der Waals surface area contributed by atoms with E-state index < -0.39 is 59.7 Å². The van der Waals surface area contributed by atoms with Crippen LogP contribution in [-0.4, -0.2) is 81.4 Å². The second-order valence-corrected chi connectivity index (χ2v) is 7.36. The standard InChI is InChI=1S/C18H29N5O8/c1-9(18(30)31)21-15(27)11(5-6-13(20)24)22-16(28)12-3-2-8-23(12)17(29)10(19)4-7-14(25)26/h9-12H,2-8,19H2,1H3,(H2,20,24)(H,21,27)(H,22,28)(H,25,26)(H,30,31). The first-order valence-electron chi connectivity index (χ1n) is 9.83. The maximum atomic E-state index is 12.8. The van der Waals surface area contributed by atoms with Crippen molar-refractivity contribution in [2.45, 2.75) is 69.6 Å². The van der Waals surface area contributed by atoms with Crippen molar-refractivity contribution in [3.05, 3.63) is 0 Å². The van der Waals surface area contributed by atoms with Crippen LogP contribution < -0.4 is 22.1 Å². The number of amides is 4. The molecule has 4 unspecified atom stereocenters. The number of carbonyl (C=O) groups is 6. The van der Waals surface area contributed by atoms with Crippen LogP contribution in [0, 0.1) is 0 Å². The highest BCUT2D eigenvalue weighted by atomic mass is 16.4. The maximum Gasteiger partial charge on any atom is 0.325 e. The zero-order valence-electron chi connectivity index (χ0n) is 17.2. The average molecular weight is 443 g/mol. The van der Waals surface area contributed by atoms with Gasteiger partial charge in [-0.05, 0) is 32.6 Å². The first kappa shape index (κ1) is 25.8. The van der Waals surface area contributed by atoms with Gasteiger partial charge >= 0.3 is 11.9 Å². The van der Waals surface area contributed by atoms with E-state index in [9.17, 15) is 28.8 Å². The number of carbonyl (C=O) groups excluding carboxylic acids is 4. The minimum absolute atomic E-state index is 0.0876. The smallest absolute Gasteiger partial charge is 0.325 e. The lowest BCUT2D eigenvalue weighted by molar-refractivity contribution is -0.143. The zero-order valence-corrected chi connectivity index (χ0v) is 17.2. The van der Waals surface area contributed by atoms with Gasteiger partial charge in [0.1, 0.15) is 18.1 Å². The van der Waals surface area contributed by atoms with Gasteiger partial charge in [-0.25, -0.2) is 0 Å². The lowest BCUT2D eigenvalue weighted by Crippen LogP contribution is -2.56. The molecular weight excluding hydrogens is 414 g/mol. The second-order valence-electron chi connectivity index (χ2n) is 7.36. The van der Waals surface area contributed by atoms with E-state index >= 15 is 0 Å². The number of aliphatic carboxylic acids is 2. The summed E-state index contributed by atoms with van der Waals surface area (Å²) in [4.78, 5) is 71.7. The molecule has 0 radical (unpaired) electrons. The summed E-state index contributed by atoms with van der Waals surface area (Å²) in [6.45, 7) is 1.48. The van der Waals surface area contributed by atoms with Crippen LogP contribution in [0.3, 0.4) is 0 Å². The van der Waals surface area contributed by atoms with Crippen molar-refractivity contribution in [3.63, 3.8) is 0 Å². The zero-order chi connectivity index (χ0) is 23.7. The molecule has 0 aromatic carbocycles. The molecule has 0 aromatic rings. The van der Waals surface area contributed by atoms with E-state index in [-0.39, 0.29) is 32.2 Å². The molecule has 1 saturated heterocycles. The molecule has 0 saturated carbocycles. The molecule has 174 valence electrons. The normalized spacial score (nSPS) is 18.5. The summed E-state index contributed by atoms with van der Waals surface area (Å²) < 4.78 is 0. The summed E-state index contributed by atoms with van der Waals surface area (Å²) in [7, 11) is 0. The molecule has 0 bridgehead atoms. The Hall–Kier alpha value is -3.22. The van der Waals surface area contributed by atoms with Crippen LogP contribution in [0.4, 0.5) is 0 Å². The van der Waals surface area contributed by atoms with Crippen LogP contribution in [0.2, 0.25) is 0 Å². The van der Waals surface area contributed by atoms with Crippen molar-refractivity contribution < 1.29 is 39.0 Å². The molecule has 13 nitrogen and oxygen atoms in total. The van der Waals surface area contributed by atoms with Crippen LogP contribution in [0.1, 0.15) is 45.4 Å². The minimum atomic E-state index is -1.28. The molecule has 1 heterocycles. The number of likely N-dealkylation sites (tertiary alicyclic amines) is 1. The molecule has 0 aromatic heterocycles. The monoisotopic (exact) mass is 443 g/mol. The van der Waals surface area contributed by atoms with Gasteiger partial charge < -0.3 is 37.2 Å². The minimum Gasteiger partial charge on any atom is -0.481 e. The average Bonchev–Trinajstić information content (AvgIpc) is 3.17. The first-order valence-corrected chi connectivity index (χ1v) is 9.83. The fourth-order valence-electron chi connectivity index (χ4n) is 3.12. The second kappa shape index (κ2) is 11.8. The van der Waals surface area contributed by atoms with Crippen molar-refractivity contribution in [2.24, 2.45) is 11.5 Å². The van der Waals surface area contributed by atoms with Gasteiger partial charge in [-0.15, -0.1) is 0 Å². The quantitative estimate of drug-likeness (QED) is 0.187. The van der Waals surface area contributed by atoms with Gasteiger partial charge in [0, 0.05) is 19.4 Å². The number of hydrogen-bond donors (Lipinski definition) is 6. The number of primary amides is 1. The van der Waals surface area contributed by atoms with E-state index in [2.05, 4.69) is 10.6 Å². The number of hydrogen-bond acceptors (Lipinski definition) is 7. The van der Waals surface area contributed by atoms with Gasteiger partial charge in [0.25, 0.3) is 0 Å². The maximum absolute atomic E-state index is 12.8. The molecule has 1 rings (SSSR count). The van der Waals surface area contributed by atoms with E-state index in [0.717, 1.165) is 0 Å². The Morgan fingerprint density at radius 2 is 1.71 bits per heavy atom. The Kier molecular flexibility index (Phi) is 9.86. The summed E-state index contributed by atoms with van der Waals surface area (Å²) >= 11 is 0. The van der Waals surface area contributed by atoms with Crippen LogP contribution >= 0.6 is 0 Å². The molecule has 0 aliphatic carbocycles. The number of nitrogens with two attached hydrogens (primary N) is 2. The molecule has 1 aliphatic heterocycles. The fourth-order valence-corrected chi connectivity index (χ4v) is 3.12. The van der Waals surface area contributed by atoms with Crippen LogP contribution in [0.15, 0.2) is 0 Å². The third kappa shape index (κ3) is 8.20. The molecule has 1 aliphatic rings. The molecular formula is C18H29N5O8. The van der Waals surface area contributed by atoms with Crippen molar-refractivity contribution in [1.29, 1.82) is 0 Å². The third-order valence-electron chi connectivity index (χ3n) is 4.87. The van der Waals surface area contributed by atoms with Crippen molar-refractivity contribution in [1.82, 2.24) is 15.5 Å². The third-order valence-corrected chi connectivity index (χ3v) is 4.87. The van der Waals surface area contributed by atoms with Gasteiger partial charge in [0.05, 0.1) is 6.04 Å². The Labute approximate surface area is 178 Å². The number of nitrogens with one attached hydrogen (secondary N) is 2. The van der Waals surface area contributed by atoms with Crippen molar-refractivity contribution in [3.8, 4) is 0 Å². The predicted molar refractivity (Wildman–Crippen MR) is 105 cm³/mol. The fraction of sp³-hybridized carbons (Fsp3) is 0.667. The highest BCUT2D eigenvalue weighted by Crippen LogP contribution is 2.19. The molecule has 0 spiro atoms. The Morgan fingerprint density at radius 3 is 2.26 bits per heavy atom. The van der Waals surface area contributed by atoms with Crippen molar-refractivity contribution in [2.75, 3.05) is 6.54 Å². The number of nitrogens with zero attached hydrogens (tertiary/aromatic N) is 1. The summed E-state index contributed by atoms with van der Waals surface area (Å²) in [6, 6.07) is -4.48. The molecule has 1 fully saturated rings. The summed E-state index contributed by atoms with van der Waals surface area (Å²) in [5.41, 5.74) is 10.9. The Bertz CT molecular complexity index is 728. The molecule has 31 heavy (non-hydrogen) atoms. The van der Waals surface area contributed by atoms with Gasteiger partial charge in [0.2, 0.25) is 23.6 Å². The van der Waals surface area contributed by atoms with E-state index in [1.165, 1.54) is 11.8 Å². The predicted octanol–water partition coefficient (Wildman–Crippen LogP) is -2.49.